The van der Waals surface area contributed by atoms with Gasteiger partial charge in [-0.1, -0.05) is 36.8 Å². The first-order chi connectivity index (χ1) is 13.6. The van der Waals surface area contributed by atoms with Crippen molar-refractivity contribution in [2.45, 2.75) is 63.7 Å². The molecule has 28 heavy (non-hydrogen) atoms. The van der Waals surface area contributed by atoms with Crippen LogP contribution in [0.5, 0.6) is 0 Å². The number of hydrogen-bond acceptors (Lipinski definition) is 4. The number of nitrogens with zero attached hydrogens (tertiary/aromatic N) is 2. The van der Waals surface area contributed by atoms with Crippen LogP contribution < -0.4 is 5.32 Å². The maximum Gasteiger partial charge on any atom is 0.0720 e. The molecule has 2 N–H and O–H groups in total. The first-order valence-electron chi connectivity index (χ1n) is 10.6. The quantitative estimate of drug-likeness (QED) is 0.693. The van der Waals surface area contributed by atoms with Gasteiger partial charge in [-0.2, -0.15) is 5.10 Å². The highest BCUT2D eigenvalue weighted by atomic mass is 16.5. The van der Waals surface area contributed by atoms with E-state index in [1.807, 2.05) is 29.9 Å². The molecule has 1 heterocycles. The molecule has 0 radical (unpaired) electrons. The third kappa shape index (κ3) is 4.17. The van der Waals surface area contributed by atoms with E-state index in [0.29, 0.717) is 12.5 Å². The van der Waals surface area contributed by atoms with E-state index in [2.05, 4.69) is 30.4 Å². The SMILES string of the molecule is CC(NCC1(CO)CC(OCc2ccccc2)C1)c1cc(C2CCC2)nn1C. The highest BCUT2D eigenvalue weighted by molar-refractivity contribution is 5.19. The predicted octanol–water partition coefficient (Wildman–Crippen LogP) is 3.70. The van der Waals surface area contributed by atoms with E-state index in [0.717, 1.165) is 19.4 Å². The molecule has 4 rings (SSSR count). The molecule has 0 amide bonds. The number of rotatable bonds is 9. The van der Waals surface area contributed by atoms with Crippen LogP contribution in [0, 0.1) is 5.41 Å². The van der Waals surface area contributed by atoms with E-state index in [9.17, 15) is 5.11 Å². The van der Waals surface area contributed by atoms with Gasteiger partial charge in [0.1, 0.15) is 0 Å². The van der Waals surface area contributed by atoms with E-state index < -0.39 is 0 Å². The van der Waals surface area contributed by atoms with Crippen molar-refractivity contribution in [1.29, 1.82) is 0 Å². The maximum absolute atomic E-state index is 9.98. The number of aryl methyl sites for hydroxylation is 1. The molecule has 2 aliphatic carbocycles. The minimum Gasteiger partial charge on any atom is -0.396 e. The number of aromatic nitrogens is 2. The van der Waals surface area contributed by atoms with Crippen molar-refractivity contribution in [3.8, 4) is 0 Å². The van der Waals surface area contributed by atoms with Crippen LogP contribution in [0.2, 0.25) is 0 Å². The fraction of sp³-hybridized carbons (Fsp3) is 0.609. The zero-order chi connectivity index (χ0) is 19.6. The highest BCUT2D eigenvalue weighted by Crippen LogP contribution is 2.43. The Kier molecular flexibility index (Phi) is 5.85. The lowest BCUT2D eigenvalue weighted by Gasteiger charge is -2.47. The van der Waals surface area contributed by atoms with Gasteiger partial charge in [-0.15, -0.1) is 0 Å². The van der Waals surface area contributed by atoms with Crippen molar-refractivity contribution < 1.29 is 9.84 Å². The lowest BCUT2D eigenvalue weighted by atomic mass is 9.67. The summed E-state index contributed by atoms with van der Waals surface area (Å²) in [6.07, 6.45) is 5.94. The Bertz CT molecular complexity index is 763. The van der Waals surface area contributed by atoms with Gasteiger partial charge in [0.25, 0.3) is 0 Å². The van der Waals surface area contributed by atoms with Gasteiger partial charge in [0, 0.05) is 31.0 Å². The van der Waals surface area contributed by atoms with Crippen LogP contribution in [0.4, 0.5) is 0 Å². The lowest BCUT2D eigenvalue weighted by Crippen LogP contribution is -2.51. The highest BCUT2D eigenvalue weighted by Gasteiger charge is 2.44. The smallest absolute Gasteiger partial charge is 0.0720 e. The molecule has 0 spiro atoms. The summed E-state index contributed by atoms with van der Waals surface area (Å²) >= 11 is 0. The Morgan fingerprint density at radius 1 is 1.29 bits per heavy atom. The van der Waals surface area contributed by atoms with Gasteiger partial charge in [-0.25, -0.2) is 0 Å². The molecule has 2 saturated carbocycles. The van der Waals surface area contributed by atoms with Crippen molar-refractivity contribution in [2.24, 2.45) is 12.5 Å². The molecular weight excluding hydrogens is 350 g/mol. The summed E-state index contributed by atoms with van der Waals surface area (Å²) in [5.74, 6) is 0.657. The van der Waals surface area contributed by atoms with Crippen LogP contribution in [-0.4, -0.2) is 34.1 Å². The lowest BCUT2D eigenvalue weighted by molar-refractivity contribution is -0.107. The van der Waals surface area contributed by atoms with Crippen molar-refractivity contribution >= 4 is 0 Å². The fourth-order valence-electron chi connectivity index (χ4n) is 4.43. The van der Waals surface area contributed by atoms with Crippen LogP contribution in [0.3, 0.4) is 0 Å². The zero-order valence-corrected chi connectivity index (χ0v) is 17.1. The van der Waals surface area contributed by atoms with Crippen LogP contribution in [0.25, 0.3) is 0 Å². The molecule has 0 saturated heterocycles. The summed E-state index contributed by atoms with van der Waals surface area (Å²) in [6, 6.07) is 12.8. The number of benzene rings is 1. The average molecular weight is 384 g/mol. The number of ether oxygens (including phenoxy) is 1. The van der Waals surface area contributed by atoms with Crippen LogP contribution in [0.15, 0.2) is 36.4 Å². The van der Waals surface area contributed by atoms with Crippen LogP contribution in [0.1, 0.15) is 67.9 Å². The molecule has 2 fully saturated rings. The first kappa shape index (κ1) is 19.6. The summed E-state index contributed by atoms with van der Waals surface area (Å²) < 4.78 is 8.04. The molecule has 152 valence electrons. The summed E-state index contributed by atoms with van der Waals surface area (Å²) in [5.41, 5.74) is 3.61. The summed E-state index contributed by atoms with van der Waals surface area (Å²) in [6.45, 7) is 3.85. The summed E-state index contributed by atoms with van der Waals surface area (Å²) in [4.78, 5) is 0. The van der Waals surface area contributed by atoms with E-state index in [1.165, 1.54) is 36.2 Å². The average Bonchev–Trinajstić information content (AvgIpc) is 3.00. The molecule has 2 aromatic rings. The monoisotopic (exact) mass is 383 g/mol. The Labute approximate surface area is 168 Å². The number of aliphatic hydroxyl groups is 1. The fourth-order valence-corrected chi connectivity index (χ4v) is 4.43. The normalized spacial score (nSPS) is 25.9. The molecule has 1 aromatic heterocycles. The van der Waals surface area contributed by atoms with Gasteiger partial charge in [0.05, 0.1) is 30.7 Å². The van der Waals surface area contributed by atoms with Crippen molar-refractivity contribution in [3.05, 3.63) is 53.3 Å². The first-order valence-corrected chi connectivity index (χ1v) is 10.6. The zero-order valence-electron chi connectivity index (χ0n) is 17.1. The number of nitrogens with one attached hydrogen (secondary N) is 1. The van der Waals surface area contributed by atoms with E-state index in [-0.39, 0.29) is 24.2 Å². The minimum atomic E-state index is -0.0645. The van der Waals surface area contributed by atoms with Gasteiger partial charge >= 0.3 is 0 Å². The van der Waals surface area contributed by atoms with E-state index in [4.69, 9.17) is 9.84 Å². The van der Waals surface area contributed by atoms with E-state index in [1.54, 1.807) is 0 Å². The van der Waals surface area contributed by atoms with Crippen molar-refractivity contribution in [3.63, 3.8) is 0 Å². The molecule has 5 heteroatoms. The predicted molar refractivity (Wildman–Crippen MR) is 110 cm³/mol. The molecule has 0 aliphatic heterocycles. The minimum absolute atomic E-state index is 0.0645. The standard InChI is InChI=1S/C23H33N3O2/c1-17(22-11-21(25-26(22)2)19-9-6-10-19)24-15-23(16-27)12-20(13-23)28-14-18-7-4-3-5-8-18/h3-5,7-8,11,17,19-20,24,27H,6,9-10,12-16H2,1-2H3. The second kappa shape index (κ2) is 8.36. The topological polar surface area (TPSA) is 59.3 Å². The number of hydrogen-bond donors (Lipinski definition) is 2. The van der Waals surface area contributed by atoms with Crippen LogP contribution in [-0.2, 0) is 18.4 Å². The molecule has 1 atom stereocenters. The third-order valence-electron chi connectivity index (χ3n) is 6.67. The third-order valence-corrected chi connectivity index (χ3v) is 6.67. The van der Waals surface area contributed by atoms with E-state index >= 15 is 0 Å². The van der Waals surface area contributed by atoms with Crippen molar-refractivity contribution in [2.75, 3.05) is 13.2 Å². The second-order valence-electron chi connectivity index (χ2n) is 8.83. The molecular formula is C23H33N3O2. The van der Waals surface area contributed by atoms with Gasteiger partial charge < -0.3 is 15.2 Å². The molecule has 1 unspecified atom stereocenters. The summed E-state index contributed by atoms with van der Waals surface area (Å²) in [7, 11) is 2.04. The van der Waals surface area contributed by atoms with Gasteiger partial charge in [-0.05, 0) is 44.2 Å². The molecule has 1 aromatic carbocycles. The van der Waals surface area contributed by atoms with Gasteiger partial charge in [-0.3, -0.25) is 4.68 Å². The Balaban J connectivity index is 1.26. The molecule has 2 aliphatic rings. The second-order valence-corrected chi connectivity index (χ2v) is 8.83. The number of aliphatic hydroxyl groups excluding tert-OH is 1. The Hall–Kier alpha value is -1.69. The maximum atomic E-state index is 9.98. The largest absolute Gasteiger partial charge is 0.396 e. The summed E-state index contributed by atoms with van der Waals surface area (Å²) in [5, 5.41) is 18.3. The van der Waals surface area contributed by atoms with Gasteiger partial charge in [0.15, 0.2) is 0 Å². The van der Waals surface area contributed by atoms with Gasteiger partial charge in [0.2, 0.25) is 0 Å². The Morgan fingerprint density at radius 3 is 2.68 bits per heavy atom. The van der Waals surface area contributed by atoms with Crippen LogP contribution >= 0.6 is 0 Å². The Morgan fingerprint density at radius 2 is 2.04 bits per heavy atom. The molecule has 0 bridgehead atoms. The van der Waals surface area contributed by atoms with Crippen molar-refractivity contribution in [1.82, 2.24) is 15.1 Å². The molecule has 5 nitrogen and oxygen atoms in total.